The fourth-order valence-corrected chi connectivity index (χ4v) is 8.76. The number of unbranched alkanes of at least 4 members (excludes halogenated alkanes) is 39. The molecule has 0 fully saturated rings. The Hall–Kier alpha value is -2.11. The van der Waals surface area contributed by atoms with Crippen molar-refractivity contribution in [1.29, 1.82) is 0 Å². The van der Waals surface area contributed by atoms with E-state index in [-0.39, 0.29) is 31.1 Å². The number of carbonyl (C=O) groups excluding carboxylic acids is 3. The lowest BCUT2D eigenvalue weighted by molar-refractivity contribution is -0.167. The lowest BCUT2D eigenvalue weighted by Crippen LogP contribution is -2.30. The molecule has 0 rings (SSSR count). The van der Waals surface area contributed by atoms with E-state index in [1.807, 2.05) is 0 Å². The molecule has 0 N–H and O–H groups in total. The van der Waals surface area contributed by atoms with Gasteiger partial charge in [-0.05, 0) is 44.9 Å². The molecular formula is C60H112O6. The van der Waals surface area contributed by atoms with E-state index in [0.717, 1.165) is 83.5 Å². The number of esters is 3. The zero-order valence-electron chi connectivity index (χ0n) is 44.5. The number of hydrogen-bond donors (Lipinski definition) is 0. The molecule has 0 aromatic carbocycles. The summed E-state index contributed by atoms with van der Waals surface area (Å²) >= 11 is 0. The fourth-order valence-electron chi connectivity index (χ4n) is 8.76. The highest BCUT2D eigenvalue weighted by Crippen LogP contribution is 2.17. The molecule has 0 aromatic rings. The molecule has 6 heteroatoms. The van der Waals surface area contributed by atoms with Crippen LogP contribution in [0.1, 0.15) is 323 Å². The van der Waals surface area contributed by atoms with Gasteiger partial charge in [0.25, 0.3) is 0 Å². The summed E-state index contributed by atoms with van der Waals surface area (Å²) in [6, 6.07) is 0. The summed E-state index contributed by atoms with van der Waals surface area (Å²) in [6.45, 7) is 6.64. The molecule has 0 saturated carbocycles. The molecule has 0 aliphatic heterocycles. The van der Waals surface area contributed by atoms with Crippen LogP contribution in [0.25, 0.3) is 0 Å². The standard InChI is InChI=1S/C60H112O6/c1-4-7-10-13-16-19-22-25-28-29-30-31-32-33-36-38-41-44-47-50-53-59(62)65-56-57(66-60(63)54-51-48-45-42-39-35-27-24-21-18-15-12-9-6-3)55-64-58(61)52-49-46-43-40-37-34-26-23-20-17-14-11-8-5-2/h15,18,24,27,57H,4-14,16-17,19-23,25-26,28-56H2,1-3H3/b18-15-,27-24-. The second-order valence-corrected chi connectivity index (χ2v) is 19.9. The summed E-state index contributed by atoms with van der Waals surface area (Å²) in [6.07, 6.45) is 64.6. The van der Waals surface area contributed by atoms with Gasteiger partial charge in [0.05, 0.1) is 0 Å². The molecule has 388 valence electrons. The highest BCUT2D eigenvalue weighted by molar-refractivity contribution is 5.71. The van der Waals surface area contributed by atoms with Crippen LogP contribution >= 0.6 is 0 Å². The monoisotopic (exact) mass is 929 g/mol. The van der Waals surface area contributed by atoms with Gasteiger partial charge < -0.3 is 14.2 Å². The van der Waals surface area contributed by atoms with Crippen LogP contribution in [-0.4, -0.2) is 37.2 Å². The average Bonchev–Trinajstić information content (AvgIpc) is 3.31. The predicted octanol–water partition coefficient (Wildman–Crippen LogP) is 19.5. The third-order valence-electron chi connectivity index (χ3n) is 13.2. The number of ether oxygens (including phenoxy) is 3. The van der Waals surface area contributed by atoms with E-state index in [2.05, 4.69) is 45.1 Å². The molecule has 0 bridgehead atoms. The maximum atomic E-state index is 12.8. The molecule has 1 unspecified atom stereocenters. The van der Waals surface area contributed by atoms with Crippen molar-refractivity contribution in [3.05, 3.63) is 24.3 Å². The predicted molar refractivity (Wildman–Crippen MR) is 284 cm³/mol. The first-order chi connectivity index (χ1) is 32.5. The minimum absolute atomic E-state index is 0.0715. The van der Waals surface area contributed by atoms with E-state index in [4.69, 9.17) is 14.2 Å². The molecule has 0 aliphatic carbocycles. The van der Waals surface area contributed by atoms with Crippen molar-refractivity contribution in [2.45, 2.75) is 329 Å². The molecule has 1 atom stereocenters. The van der Waals surface area contributed by atoms with Gasteiger partial charge >= 0.3 is 17.9 Å². The van der Waals surface area contributed by atoms with Crippen molar-refractivity contribution in [2.24, 2.45) is 0 Å². The second-order valence-electron chi connectivity index (χ2n) is 19.9. The topological polar surface area (TPSA) is 78.9 Å². The van der Waals surface area contributed by atoms with Crippen LogP contribution in [0.2, 0.25) is 0 Å². The third-order valence-corrected chi connectivity index (χ3v) is 13.2. The number of rotatable bonds is 54. The quantitative estimate of drug-likeness (QED) is 0.0262. The first-order valence-corrected chi connectivity index (χ1v) is 29.3. The SMILES string of the molecule is CCCC/C=C\C/C=C\CCCCCCCC(=O)OC(COC(=O)CCCCCCCCCCCCCCCC)COC(=O)CCCCCCCCCCCCCCCCCCCCCC. The van der Waals surface area contributed by atoms with E-state index < -0.39 is 6.10 Å². The van der Waals surface area contributed by atoms with Crippen molar-refractivity contribution in [3.8, 4) is 0 Å². The zero-order chi connectivity index (χ0) is 47.9. The van der Waals surface area contributed by atoms with E-state index in [1.165, 1.54) is 199 Å². The van der Waals surface area contributed by atoms with E-state index in [1.54, 1.807) is 0 Å². The maximum absolute atomic E-state index is 12.8. The van der Waals surface area contributed by atoms with Gasteiger partial charge in [0.1, 0.15) is 13.2 Å². The van der Waals surface area contributed by atoms with Crippen molar-refractivity contribution >= 4 is 17.9 Å². The Bertz CT molecular complexity index is 1070. The number of hydrogen-bond acceptors (Lipinski definition) is 6. The van der Waals surface area contributed by atoms with E-state index in [9.17, 15) is 14.4 Å². The van der Waals surface area contributed by atoms with Gasteiger partial charge in [-0.1, -0.05) is 283 Å². The molecule has 0 aliphatic rings. The molecule has 66 heavy (non-hydrogen) atoms. The van der Waals surface area contributed by atoms with Crippen LogP contribution in [0.5, 0.6) is 0 Å². The van der Waals surface area contributed by atoms with Gasteiger partial charge in [0.15, 0.2) is 6.10 Å². The molecule has 0 aromatic heterocycles. The molecule has 0 spiro atoms. The van der Waals surface area contributed by atoms with E-state index in [0.29, 0.717) is 19.3 Å². The van der Waals surface area contributed by atoms with Crippen LogP contribution in [0, 0.1) is 0 Å². The average molecular weight is 930 g/mol. The van der Waals surface area contributed by atoms with Crippen molar-refractivity contribution in [1.82, 2.24) is 0 Å². The summed E-state index contributed by atoms with van der Waals surface area (Å²) < 4.78 is 16.9. The number of carbonyl (C=O) groups is 3. The Morgan fingerprint density at radius 3 is 0.879 bits per heavy atom. The van der Waals surface area contributed by atoms with Gasteiger partial charge in [0.2, 0.25) is 0 Å². The summed E-state index contributed by atoms with van der Waals surface area (Å²) in [5.41, 5.74) is 0. The lowest BCUT2D eigenvalue weighted by Gasteiger charge is -2.18. The normalized spacial score (nSPS) is 12.1. The summed E-state index contributed by atoms with van der Waals surface area (Å²) in [4.78, 5) is 38.1. The van der Waals surface area contributed by atoms with Gasteiger partial charge in [0, 0.05) is 19.3 Å². The minimum Gasteiger partial charge on any atom is -0.462 e. The van der Waals surface area contributed by atoms with Crippen molar-refractivity contribution in [2.75, 3.05) is 13.2 Å². The highest BCUT2D eigenvalue weighted by atomic mass is 16.6. The summed E-state index contributed by atoms with van der Waals surface area (Å²) in [7, 11) is 0. The first kappa shape index (κ1) is 63.9. The first-order valence-electron chi connectivity index (χ1n) is 29.3. The Balaban J connectivity index is 4.29. The maximum Gasteiger partial charge on any atom is 0.306 e. The molecule has 6 nitrogen and oxygen atoms in total. The molecule has 0 radical (unpaired) electrons. The highest BCUT2D eigenvalue weighted by Gasteiger charge is 2.19. The second kappa shape index (κ2) is 55.5. The Labute approximate surface area is 411 Å². The fraction of sp³-hybridized carbons (Fsp3) is 0.883. The molecule has 0 amide bonds. The lowest BCUT2D eigenvalue weighted by atomic mass is 10.0. The van der Waals surface area contributed by atoms with Crippen molar-refractivity contribution in [3.63, 3.8) is 0 Å². The largest absolute Gasteiger partial charge is 0.462 e. The summed E-state index contributed by atoms with van der Waals surface area (Å²) in [5, 5.41) is 0. The van der Waals surface area contributed by atoms with Gasteiger partial charge in [-0.3, -0.25) is 14.4 Å². The molecule has 0 heterocycles. The molecule has 0 saturated heterocycles. The smallest absolute Gasteiger partial charge is 0.306 e. The van der Waals surface area contributed by atoms with Crippen LogP contribution < -0.4 is 0 Å². The number of allylic oxidation sites excluding steroid dienone is 4. The summed E-state index contributed by atoms with van der Waals surface area (Å²) in [5.74, 6) is -0.863. The van der Waals surface area contributed by atoms with Crippen LogP contribution in [-0.2, 0) is 28.6 Å². The third kappa shape index (κ3) is 52.9. The molecular weight excluding hydrogens is 817 g/mol. The Morgan fingerprint density at radius 2 is 0.561 bits per heavy atom. The zero-order valence-corrected chi connectivity index (χ0v) is 44.5. The van der Waals surface area contributed by atoms with Gasteiger partial charge in [-0.15, -0.1) is 0 Å². The Kier molecular flexibility index (Phi) is 53.7. The van der Waals surface area contributed by atoms with Gasteiger partial charge in [-0.2, -0.15) is 0 Å². The van der Waals surface area contributed by atoms with Crippen molar-refractivity contribution < 1.29 is 28.6 Å². The van der Waals surface area contributed by atoms with Crippen LogP contribution in [0.15, 0.2) is 24.3 Å². The van der Waals surface area contributed by atoms with Crippen LogP contribution in [0.4, 0.5) is 0 Å². The van der Waals surface area contributed by atoms with Gasteiger partial charge in [-0.25, -0.2) is 0 Å². The van der Waals surface area contributed by atoms with Crippen LogP contribution in [0.3, 0.4) is 0 Å². The van der Waals surface area contributed by atoms with E-state index >= 15 is 0 Å². The Morgan fingerprint density at radius 1 is 0.303 bits per heavy atom. The minimum atomic E-state index is -0.773.